The van der Waals surface area contributed by atoms with E-state index in [-0.39, 0.29) is 18.2 Å². The summed E-state index contributed by atoms with van der Waals surface area (Å²) in [5, 5.41) is 2.74. The molecule has 0 aromatic heterocycles. The van der Waals surface area contributed by atoms with Gasteiger partial charge in [0.15, 0.2) is 0 Å². The Bertz CT molecular complexity index is 136. The molecule has 2 atom stereocenters. The van der Waals surface area contributed by atoms with Crippen molar-refractivity contribution < 1.29 is 9.53 Å². The Kier molecular flexibility index (Phi) is 2.14. The van der Waals surface area contributed by atoms with Crippen LogP contribution in [0.15, 0.2) is 0 Å². The number of carbonyl (C=O) groups is 1. The summed E-state index contributed by atoms with van der Waals surface area (Å²) in [5.74, 6) is 0. The summed E-state index contributed by atoms with van der Waals surface area (Å²) in [6.07, 6.45) is 1.87. The molecule has 1 aliphatic heterocycles. The summed E-state index contributed by atoms with van der Waals surface area (Å²) >= 11 is 0. The smallest absolute Gasteiger partial charge is 0.407 e. The van der Waals surface area contributed by atoms with E-state index in [9.17, 15) is 4.79 Å². The molecule has 1 amide bonds. The van der Waals surface area contributed by atoms with Crippen LogP contribution in [0, 0.1) is 0 Å². The van der Waals surface area contributed by atoms with Crippen molar-refractivity contribution in [3.8, 4) is 0 Å². The van der Waals surface area contributed by atoms with Crippen molar-refractivity contribution in [1.82, 2.24) is 5.32 Å². The third-order valence-corrected chi connectivity index (χ3v) is 1.76. The minimum absolute atomic E-state index is 0.0486. The molecule has 1 heterocycles. The molecule has 3 heteroatoms. The number of hydrogen-bond acceptors (Lipinski definition) is 2. The van der Waals surface area contributed by atoms with Gasteiger partial charge in [-0.3, -0.25) is 0 Å². The number of nitrogens with one attached hydrogen (secondary N) is 1. The van der Waals surface area contributed by atoms with Gasteiger partial charge in [0.05, 0.1) is 6.04 Å². The molecule has 0 spiro atoms. The number of ether oxygens (including phenoxy) is 1. The molecule has 1 aliphatic rings. The second-order valence-corrected chi connectivity index (χ2v) is 2.65. The van der Waals surface area contributed by atoms with Crippen molar-refractivity contribution in [2.24, 2.45) is 0 Å². The largest absolute Gasteiger partial charge is 0.444 e. The van der Waals surface area contributed by atoms with Crippen LogP contribution in [-0.2, 0) is 4.74 Å². The Morgan fingerprint density at radius 1 is 1.70 bits per heavy atom. The highest BCUT2D eigenvalue weighted by Crippen LogP contribution is 2.12. The molecule has 58 valence electrons. The monoisotopic (exact) mass is 143 g/mol. The molecule has 1 fully saturated rings. The van der Waals surface area contributed by atoms with E-state index in [1.807, 2.05) is 6.92 Å². The lowest BCUT2D eigenvalue weighted by molar-refractivity contribution is 0.140. The molecule has 0 radical (unpaired) electrons. The Balaban J connectivity index is 2.38. The molecule has 3 nitrogen and oxygen atoms in total. The van der Waals surface area contributed by atoms with Gasteiger partial charge in [-0.05, 0) is 13.3 Å². The van der Waals surface area contributed by atoms with Gasteiger partial charge in [-0.15, -0.1) is 0 Å². The molecule has 10 heavy (non-hydrogen) atoms. The van der Waals surface area contributed by atoms with Gasteiger partial charge >= 0.3 is 6.09 Å². The van der Waals surface area contributed by atoms with Crippen molar-refractivity contribution in [3.05, 3.63) is 0 Å². The van der Waals surface area contributed by atoms with Gasteiger partial charge in [0.25, 0.3) is 0 Å². The van der Waals surface area contributed by atoms with E-state index in [1.54, 1.807) is 0 Å². The Morgan fingerprint density at radius 2 is 2.40 bits per heavy atom. The number of amides is 1. The zero-order valence-corrected chi connectivity index (χ0v) is 6.39. The quantitative estimate of drug-likeness (QED) is 0.632. The van der Waals surface area contributed by atoms with Crippen LogP contribution in [0.2, 0.25) is 0 Å². The average Bonchev–Trinajstić information content (AvgIpc) is 2.13. The average molecular weight is 143 g/mol. The van der Waals surface area contributed by atoms with Crippen LogP contribution in [0.3, 0.4) is 0 Å². The highest BCUT2D eigenvalue weighted by molar-refractivity contribution is 5.70. The van der Waals surface area contributed by atoms with Gasteiger partial charge in [-0.1, -0.05) is 13.3 Å². The van der Waals surface area contributed by atoms with E-state index in [2.05, 4.69) is 12.2 Å². The van der Waals surface area contributed by atoms with Crippen LogP contribution in [0.25, 0.3) is 0 Å². The molecule has 1 N–H and O–H groups in total. The van der Waals surface area contributed by atoms with Crippen LogP contribution >= 0.6 is 0 Å². The van der Waals surface area contributed by atoms with Crippen molar-refractivity contribution in [3.63, 3.8) is 0 Å². The molecular weight excluding hydrogens is 130 g/mol. The predicted molar refractivity (Wildman–Crippen MR) is 37.8 cm³/mol. The fourth-order valence-electron chi connectivity index (χ4n) is 1.17. The second-order valence-electron chi connectivity index (χ2n) is 2.65. The van der Waals surface area contributed by atoms with Gasteiger partial charge < -0.3 is 10.1 Å². The molecule has 0 bridgehead atoms. The maximum Gasteiger partial charge on any atom is 0.407 e. The molecule has 0 aromatic rings. The summed E-state index contributed by atoms with van der Waals surface area (Å²) in [6.45, 7) is 4.01. The minimum Gasteiger partial charge on any atom is -0.444 e. The fourth-order valence-corrected chi connectivity index (χ4v) is 1.17. The van der Waals surface area contributed by atoms with E-state index >= 15 is 0 Å². The molecule has 1 saturated heterocycles. The number of carbonyl (C=O) groups excluding carboxylic acids is 1. The molecular formula is C7H13NO2. The number of cyclic esters (lactones) is 1. The molecule has 0 aliphatic carbocycles. The second kappa shape index (κ2) is 2.90. The third kappa shape index (κ3) is 1.40. The van der Waals surface area contributed by atoms with Crippen LogP contribution in [0.4, 0.5) is 4.79 Å². The Labute approximate surface area is 60.7 Å². The fraction of sp³-hybridized carbons (Fsp3) is 0.857. The predicted octanol–water partition coefficient (Wildman–Crippen LogP) is 1.28. The van der Waals surface area contributed by atoms with E-state index in [1.165, 1.54) is 0 Å². The first kappa shape index (κ1) is 7.38. The van der Waals surface area contributed by atoms with Crippen LogP contribution in [-0.4, -0.2) is 18.2 Å². The Morgan fingerprint density at radius 3 is 2.80 bits per heavy atom. The molecule has 0 unspecified atom stereocenters. The molecule has 0 aromatic carbocycles. The van der Waals surface area contributed by atoms with Crippen molar-refractivity contribution >= 4 is 6.09 Å². The lowest BCUT2D eigenvalue weighted by Gasteiger charge is -2.09. The Hall–Kier alpha value is -0.730. The van der Waals surface area contributed by atoms with Gasteiger partial charge in [-0.2, -0.15) is 0 Å². The summed E-state index contributed by atoms with van der Waals surface area (Å²) in [7, 11) is 0. The first-order valence-corrected chi connectivity index (χ1v) is 3.71. The summed E-state index contributed by atoms with van der Waals surface area (Å²) in [6, 6.07) is 0.234. The maximum absolute atomic E-state index is 10.6. The van der Waals surface area contributed by atoms with Gasteiger partial charge in [0.2, 0.25) is 0 Å². The normalized spacial score (nSPS) is 31.6. The minimum atomic E-state index is -0.272. The number of hydrogen-bond donors (Lipinski definition) is 1. The summed E-state index contributed by atoms with van der Waals surface area (Å²) in [4.78, 5) is 10.6. The maximum atomic E-state index is 10.6. The topological polar surface area (TPSA) is 38.3 Å². The lowest BCUT2D eigenvalue weighted by Crippen LogP contribution is -2.29. The van der Waals surface area contributed by atoms with Crippen molar-refractivity contribution in [2.75, 3.05) is 0 Å². The first-order chi connectivity index (χ1) is 4.74. The van der Waals surface area contributed by atoms with E-state index in [0.717, 1.165) is 12.8 Å². The third-order valence-electron chi connectivity index (χ3n) is 1.76. The van der Waals surface area contributed by atoms with E-state index in [0.29, 0.717) is 0 Å². The van der Waals surface area contributed by atoms with Gasteiger partial charge in [0.1, 0.15) is 6.10 Å². The number of alkyl carbamates (subject to hydrolysis) is 1. The molecule has 1 rings (SSSR count). The van der Waals surface area contributed by atoms with Crippen molar-refractivity contribution in [2.45, 2.75) is 38.8 Å². The molecule has 0 saturated carbocycles. The first-order valence-electron chi connectivity index (χ1n) is 3.71. The van der Waals surface area contributed by atoms with Gasteiger partial charge in [0, 0.05) is 0 Å². The van der Waals surface area contributed by atoms with Crippen LogP contribution < -0.4 is 5.32 Å². The SMILES string of the molecule is CCC[C@@H]1NC(=O)O[C@@H]1C. The zero-order valence-electron chi connectivity index (χ0n) is 6.39. The highest BCUT2D eigenvalue weighted by Gasteiger charge is 2.28. The van der Waals surface area contributed by atoms with E-state index < -0.39 is 0 Å². The summed E-state index contributed by atoms with van der Waals surface area (Å²) < 4.78 is 4.88. The van der Waals surface area contributed by atoms with Crippen LogP contribution in [0.1, 0.15) is 26.7 Å². The highest BCUT2D eigenvalue weighted by atomic mass is 16.6. The number of rotatable bonds is 2. The summed E-state index contributed by atoms with van der Waals surface area (Å²) in [5.41, 5.74) is 0. The van der Waals surface area contributed by atoms with Crippen LogP contribution in [0.5, 0.6) is 0 Å². The van der Waals surface area contributed by atoms with E-state index in [4.69, 9.17) is 4.74 Å². The zero-order chi connectivity index (χ0) is 7.56. The standard InChI is InChI=1S/C7H13NO2/c1-3-4-6-5(2)10-7(9)8-6/h5-6H,3-4H2,1-2H3,(H,8,9)/t5-,6+/m1/s1. The lowest BCUT2D eigenvalue weighted by atomic mass is 10.1. The van der Waals surface area contributed by atoms with Crippen molar-refractivity contribution in [1.29, 1.82) is 0 Å². The van der Waals surface area contributed by atoms with Gasteiger partial charge in [-0.25, -0.2) is 4.79 Å².